The Morgan fingerprint density at radius 3 is 2.47 bits per heavy atom. The number of nitrogens with one attached hydrogen (secondary N) is 1. The molecule has 1 fully saturated rings. The highest BCUT2D eigenvalue weighted by atomic mass is 32.2. The minimum Gasteiger partial charge on any atom is -0.393 e. The summed E-state index contributed by atoms with van der Waals surface area (Å²) in [5, 5.41) is 9.73. The molecule has 0 bridgehead atoms. The van der Waals surface area contributed by atoms with Crippen molar-refractivity contribution in [2.75, 3.05) is 0 Å². The average Bonchev–Trinajstić information content (AvgIpc) is 3.13. The maximum absolute atomic E-state index is 12.0. The molecule has 0 radical (unpaired) electrons. The van der Waals surface area contributed by atoms with Gasteiger partial charge in [-0.15, -0.1) is 0 Å². The highest BCUT2D eigenvalue weighted by Gasteiger charge is 2.27. The lowest BCUT2D eigenvalue weighted by Crippen LogP contribution is -2.25. The Labute approximate surface area is 114 Å². The lowest BCUT2D eigenvalue weighted by atomic mass is 10.1. The van der Waals surface area contributed by atoms with Crippen molar-refractivity contribution in [3.8, 4) is 0 Å². The van der Waals surface area contributed by atoms with Gasteiger partial charge in [-0.25, -0.2) is 13.1 Å². The summed E-state index contributed by atoms with van der Waals surface area (Å²) < 4.78 is 26.6. The van der Waals surface area contributed by atoms with E-state index >= 15 is 0 Å². The fourth-order valence-corrected chi connectivity index (χ4v) is 3.31. The highest BCUT2D eigenvalue weighted by molar-refractivity contribution is 7.89. The molecular formula is C14H21NO3S. The van der Waals surface area contributed by atoms with Crippen molar-refractivity contribution < 1.29 is 13.5 Å². The van der Waals surface area contributed by atoms with Gasteiger partial charge in [-0.05, 0) is 43.4 Å². The molecule has 1 aliphatic carbocycles. The Morgan fingerprint density at radius 2 is 1.95 bits per heavy atom. The first kappa shape index (κ1) is 14.5. The second-order valence-corrected chi connectivity index (χ2v) is 6.90. The van der Waals surface area contributed by atoms with Crippen molar-refractivity contribution in [3.63, 3.8) is 0 Å². The Bertz CT molecular complexity index is 506. The number of hydrogen-bond acceptors (Lipinski definition) is 3. The molecule has 1 saturated carbocycles. The predicted octanol–water partition coefficient (Wildman–Crippen LogP) is 1.83. The lowest BCUT2D eigenvalue weighted by Gasteiger charge is -2.10. The summed E-state index contributed by atoms with van der Waals surface area (Å²) in [5.74, 6) is 0. The molecule has 0 spiro atoms. The molecule has 5 heteroatoms. The minimum absolute atomic E-state index is 0.121. The number of aliphatic hydroxyl groups is 1. The summed E-state index contributed by atoms with van der Waals surface area (Å²) >= 11 is 0. The summed E-state index contributed by atoms with van der Waals surface area (Å²) in [6.07, 6.45) is 3.80. The molecule has 1 atom stereocenters. The van der Waals surface area contributed by atoms with Crippen LogP contribution in [0, 0.1) is 0 Å². The van der Waals surface area contributed by atoms with Gasteiger partial charge < -0.3 is 5.11 Å². The maximum Gasteiger partial charge on any atom is 0.240 e. The normalized spacial score (nSPS) is 17.4. The lowest BCUT2D eigenvalue weighted by molar-refractivity contribution is 0.164. The number of hydrogen-bond donors (Lipinski definition) is 2. The van der Waals surface area contributed by atoms with E-state index in [-0.39, 0.29) is 12.1 Å². The van der Waals surface area contributed by atoms with Gasteiger partial charge in [-0.1, -0.05) is 25.5 Å². The molecule has 1 aromatic carbocycles. The molecule has 1 aliphatic rings. The van der Waals surface area contributed by atoms with E-state index in [4.69, 9.17) is 0 Å². The Kier molecular flexibility index (Phi) is 4.60. The third kappa shape index (κ3) is 4.30. The average molecular weight is 283 g/mol. The SMILES string of the molecule is CCCC(O)Cc1ccc(S(=O)(=O)NC2CC2)cc1. The van der Waals surface area contributed by atoms with E-state index in [0.29, 0.717) is 11.3 Å². The molecule has 0 heterocycles. The van der Waals surface area contributed by atoms with Crippen LogP contribution in [0.5, 0.6) is 0 Å². The van der Waals surface area contributed by atoms with E-state index in [0.717, 1.165) is 31.2 Å². The van der Waals surface area contributed by atoms with Crippen LogP contribution in [0.3, 0.4) is 0 Å². The standard InChI is InChI=1S/C14H21NO3S/c1-2-3-13(16)10-11-4-8-14(9-5-11)19(17,18)15-12-6-7-12/h4-5,8-9,12-13,15-16H,2-3,6-7,10H2,1H3. The zero-order valence-electron chi connectivity index (χ0n) is 11.2. The van der Waals surface area contributed by atoms with Crippen molar-refractivity contribution in [3.05, 3.63) is 29.8 Å². The van der Waals surface area contributed by atoms with Crippen LogP contribution in [0.25, 0.3) is 0 Å². The van der Waals surface area contributed by atoms with Gasteiger partial charge in [0.1, 0.15) is 0 Å². The quantitative estimate of drug-likeness (QED) is 0.802. The van der Waals surface area contributed by atoms with Gasteiger partial charge in [0.05, 0.1) is 11.0 Å². The fourth-order valence-electron chi connectivity index (χ4n) is 2.00. The second-order valence-electron chi connectivity index (χ2n) is 5.19. The van der Waals surface area contributed by atoms with Crippen molar-refractivity contribution in [1.29, 1.82) is 0 Å². The largest absolute Gasteiger partial charge is 0.393 e. The minimum atomic E-state index is -3.36. The first-order chi connectivity index (χ1) is 9.01. The molecule has 4 nitrogen and oxygen atoms in total. The first-order valence-electron chi connectivity index (χ1n) is 6.80. The molecule has 0 aromatic heterocycles. The smallest absolute Gasteiger partial charge is 0.240 e. The molecule has 106 valence electrons. The molecule has 0 aliphatic heterocycles. The van der Waals surface area contributed by atoms with Crippen LogP contribution in [0.1, 0.15) is 38.2 Å². The summed E-state index contributed by atoms with van der Waals surface area (Å²) in [6.45, 7) is 2.03. The van der Waals surface area contributed by atoms with E-state index in [9.17, 15) is 13.5 Å². The van der Waals surface area contributed by atoms with Gasteiger partial charge in [0, 0.05) is 6.04 Å². The number of aliphatic hydroxyl groups excluding tert-OH is 1. The second kappa shape index (κ2) is 6.03. The molecule has 1 aromatic rings. The van der Waals surface area contributed by atoms with Crippen LogP contribution in [0.4, 0.5) is 0 Å². The van der Waals surface area contributed by atoms with E-state index in [1.165, 1.54) is 0 Å². The fraction of sp³-hybridized carbons (Fsp3) is 0.571. The number of sulfonamides is 1. The van der Waals surface area contributed by atoms with Gasteiger partial charge in [0.25, 0.3) is 0 Å². The van der Waals surface area contributed by atoms with Crippen LogP contribution in [-0.4, -0.2) is 25.7 Å². The van der Waals surface area contributed by atoms with Crippen LogP contribution in [0.15, 0.2) is 29.2 Å². The van der Waals surface area contributed by atoms with Crippen molar-refractivity contribution >= 4 is 10.0 Å². The van der Waals surface area contributed by atoms with E-state index in [2.05, 4.69) is 4.72 Å². The Hall–Kier alpha value is -0.910. The zero-order valence-corrected chi connectivity index (χ0v) is 12.0. The molecule has 0 amide bonds. The van der Waals surface area contributed by atoms with E-state index < -0.39 is 10.0 Å². The third-order valence-electron chi connectivity index (χ3n) is 3.23. The topological polar surface area (TPSA) is 66.4 Å². The van der Waals surface area contributed by atoms with E-state index in [1.807, 2.05) is 6.92 Å². The molecule has 19 heavy (non-hydrogen) atoms. The summed E-state index contributed by atoms with van der Waals surface area (Å²) in [7, 11) is -3.36. The van der Waals surface area contributed by atoms with Crippen molar-refractivity contribution in [2.45, 2.75) is 56.1 Å². The van der Waals surface area contributed by atoms with Gasteiger partial charge in [-0.3, -0.25) is 0 Å². The zero-order chi connectivity index (χ0) is 13.9. The van der Waals surface area contributed by atoms with Crippen LogP contribution >= 0.6 is 0 Å². The summed E-state index contributed by atoms with van der Waals surface area (Å²) in [5.41, 5.74) is 0.964. The monoisotopic (exact) mass is 283 g/mol. The van der Waals surface area contributed by atoms with Gasteiger partial charge in [0.2, 0.25) is 10.0 Å². The maximum atomic E-state index is 12.0. The summed E-state index contributed by atoms with van der Waals surface area (Å²) in [4.78, 5) is 0.299. The molecule has 0 saturated heterocycles. The molecule has 2 rings (SSSR count). The van der Waals surface area contributed by atoms with Gasteiger partial charge >= 0.3 is 0 Å². The molecular weight excluding hydrogens is 262 g/mol. The Balaban J connectivity index is 2.01. The number of benzene rings is 1. The highest BCUT2D eigenvalue weighted by Crippen LogP contribution is 2.22. The van der Waals surface area contributed by atoms with Crippen molar-refractivity contribution in [1.82, 2.24) is 4.72 Å². The summed E-state index contributed by atoms with van der Waals surface area (Å²) in [6, 6.07) is 6.90. The number of rotatable bonds is 7. The van der Waals surface area contributed by atoms with Gasteiger partial charge in [-0.2, -0.15) is 0 Å². The van der Waals surface area contributed by atoms with Crippen LogP contribution in [0.2, 0.25) is 0 Å². The Morgan fingerprint density at radius 1 is 1.32 bits per heavy atom. The van der Waals surface area contributed by atoms with Crippen LogP contribution in [-0.2, 0) is 16.4 Å². The first-order valence-corrected chi connectivity index (χ1v) is 8.29. The van der Waals surface area contributed by atoms with Gasteiger partial charge in [0.15, 0.2) is 0 Å². The van der Waals surface area contributed by atoms with E-state index in [1.54, 1.807) is 24.3 Å². The molecule has 2 N–H and O–H groups in total. The van der Waals surface area contributed by atoms with Crippen LogP contribution < -0.4 is 4.72 Å². The third-order valence-corrected chi connectivity index (χ3v) is 4.76. The van der Waals surface area contributed by atoms with Crippen molar-refractivity contribution in [2.24, 2.45) is 0 Å². The predicted molar refractivity (Wildman–Crippen MR) is 74.4 cm³/mol. The molecule has 1 unspecified atom stereocenters.